The van der Waals surface area contributed by atoms with Gasteiger partial charge in [-0.15, -0.1) is 0 Å². The highest BCUT2D eigenvalue weighted by Crippen LogP contribution is 2.26. The third-order valence-corrected chi connectivity index (χ3v) is 4.87. The van der Waals surface area contributed by atoms with Gasteiger partial charge in [0.25, 0.3) is 0 Å². The molecule has 0 aliphatic heterocycles. The van der Waals surface area contributed by atoms with Gasteiger partial charge in [0.2, 0.25) is 5.88 Å². The van der Waals surface area contributed by atoms with Crippen molar-refractivity contribution in [1.82, 2.24) is 4.98 Å². The number of aromatic nitrogens is 1. The van der Waals surface area contributed by atoms with Crippen molar-refractivity contribution in [3.05, 3.63) is 60.2 Å². The molecule has 1 saturated carbocycles. The number of pyridine rings is 1. The van der Waals surface area contributed by atoms with Gasteiger partial charge in [-0.3, -0.25) is 4.79 Å². The zero-order valence-corrected chi connectivity index (χ0v) is 14.9. The van der Waals surface area contributed by atoms with Crippen molar-refractivity contribution in [3.63, 3.8) is 0 Å². The van der Waals surface area contributed by atoms with Gasteiger partial charge in [0.05, 0.1) is 5.52 Å². The lowest BCUT2D eigenvalue weighted by atomic mass is 10.1. The molecule has 1 N–H and O–H groups in total. The molecule has 1 aliphatic rings. The maximum atomic E-state index is 11.5. The number of ether oxygens (including phenoxy) is 1. The van der Waals surface area contributed by atoms with Crippen LogP contribution in [0.1, 0.15) is 43.0 Å². The van der Waals surface area contributed by atoms with Crippen molar-refractivity contribution in [2.24, 2.45) is 0 Å². The van der Waals surface area contributed by atoms with Gasteiger partial charge < -0.3 is 10.1 Å². The molecule has 4 nitrogen and oxygen atoms in total. The Kier molecular flexibility index (Phi) is 4.57. The normalized spacial score (nSPS) is 14.5. The molecule has 1 aliphatic carbocycles. The number of hydrogen-bond donors (Lipinski definition) is 1. The number of nitrogens with one attached hydrogen (secondary N) is 1. The van der Waals surface area contributed by atoms with E-state index in [2.05, 4.69) is 10.3 Å². The van der Waals surface area contributed by atoms with Gasteiger partial charge in [0, 0.05) is 28.7 Å². The molecule has 1 aromatic heterocycles. The number of hydrogen-bond acceptors (Lipinski definition) is 4. The summed E-state index contributed by atoms with van der Waals surface area (Å²) in [7, 11) is 0. The summed E-state index contributed by atoms with van der Waals surface area (Å²) in [4.78, 5) is 16.0. The Morgan fingerprint density at radius 3 is 2.54 bits per heavy atom. The minimum Gasteiger partial charge on any atom is -0.439 e. The van der Waals surface area contributed by atoms with Crippen LogP contribution in [0.3, 0.4) is 0 Å². The maximum Gasteiger partial charge on any atom is 0.219 e. The van der Waals surface area contributed by atoms with Crippen LogP contribution < -0.4 is 10.1 Å². The number of carbonyl (C=O) groups is 1. The lowest BCUT2D eigenvalue weighted by Crippen LogP contribution is -2.14. The van der Waals surface area contributed by atoms with E-state index in [0.29, 0.717) is 17.5 Å². The number of nitrogens with zero attached hydrogens (tertiary/aromatic N) is 1. The third-order valence-electron chi connectivity index (χ3n) is 4.87. The van der Waals surface area contributed by atoms with E-state index in [1.54, 1.807) is 13.0 Å². The molecule has 2 aromatic carbocycles. The molecule has 1 heterocycles. The number of ketones is 1. The average Bonchev–Trinajstić information content (AvgIpc) is 3.16. The second-order valence-corrected chi connectivity index (χ2v) is 6.87. The van der Waals surface area contributed by atoms with Gasteiger partial charge in [-0.1, -0.05) is 12.8 Å². The molecule has 4 heteroatoms. The van der Waals surface area contributed by atoms with Crippen LogP contribution >= 0.6 is 0 Å². The Hall–Kier alpha value is -2.88. The van der Waals surface area contributed by atoms with Gasteiger partial charge >= 0.3 is 0 Å². The molecule has 0 radical (unpaired) electrons. The number of benzene rings is 2. The number of carbonyl (C=O) groups excluding carboxylic acids is 1. The molecule has 26 heavy (non-hydrogen) atoms. The first kappa shape index (κ1) is 16.6. The minimum absolute atomic E-state index is 0.0542. The first-order chi connectivity index (χ1) is 12.7. The SMILES string of the molecule is CC(=O)c1ccc2nc(Oc3ccc(NC4CCCC4)cc3)ccc2c1. The fourth-order valence-electron chi connectivity index (χ4n) is 3.43. The van der Waals surface area contributed by atoms with Gasteiger partial charge in [0.1, 0.15) is 5.75 Å². The number of anilines is 1. The standard InChI is InChI=1S/C22H22N2O2/c1-15(25)16-6-12-21-17(14-16)7-13-22(24-21)26-20-10-8-19(9-11-20)23-18-4-2-3-5-18/h6-14,18,23H,2-5H2,1H3. The van der Waals surface area contributed by atoms with Crippen LogP contribution in [0.25, 0.3) is 10.9 Å². The predicted octanol–water partition coefficient (Wildman–Crippen LogP) is 5.58. The van der Waals surface area contributed by atoms with Crippen molar-refractivity contribution >= 4 is 22.4 Å². The first-order valence-corrected chi connectivity index (χ1v) is 9.13. The highest BCUT2D eigenvalue weighted by Gasteiger charge is 2.14. The predicted molar refractivity (Wildman–Crippen MR) is 104 cm³/mol. The van der Waals surface area contributed by atoms with E-state index in [1.165, 1.54) is 25.7 Å². The van der Waals surface area contributed by atoms with E-state index in [9.17, 15) is 4.79 Å². The average molecular weight is 346 g/mol. The Morgan fingerprint density at radius 2 is 1.81 bits per heavy atom. The molecule has 3 aromatic rings. The van der Waals surface area contributed by atoms with Crippen LogP contribution in [-0.4, -0.2) is 16.8 Å². The molecule has 1 fully saturated rings. The molecule has 0 atom stereocenters. The Balaban J connectivity index is 1.47. The van der Waals surface area contributed by atoms with Crippen molar-refractivity contribution in [2.75, 3.05) is 5.32 Å². The molecule has 0 unspecified atom stereocenters. The fourth-order valence-corrected chi connectivity index (χ4v) is 3.43. The van der Waals surface area contributed by atoms with Crippen LogP contribution in [0.2, 0.25) is 0 Å². The van der Waals surface area contributed by atoms with Crippen LogP contribution in [0.5, 0.6) is 11.6 Å². The summed E-state index contributed by atoms with van der Waals surface area (Å²) in [6.45, 7) is 1.57. The summed E-state index contributed by atoms with van der Waals surface area (Å²) in [6, 6.07) is 17.9. The fraction of sp³-hybridized carbons (Fsp3) is 0.273. The molecule has 4 rings (SSSR count). The zero-order valence-electron chi connectivity index (χ0n) is 14.9. The largest absolute Gasteiger partial charge is 0.439 e. The van der Waals surface area contributed by atoms with Crippen molar-refractivity contribution in [2.45, 2.75) is 38.6 Å². The van der Waals surface area contributed by atoms with E-state index in [0.717, 1.165) is 22.3 Å². The lowest BCUT2D eigenvalue weighted by molar-refractivity contribution is 0.101. The zero-order chi connectivity index (χ0) is 17.9. The molecule has 0 spiro atoms. The maximum absolute atomic E-state index is 11.5. The minimum atomic E-state index is 0.0542. The van der Waals surface area contributed by atoms with E-state index >= 15 is 0 Å². The monoisotopic (exact) mass is 346 g/mol. The number of Topliss-reactive ketones (excluding diaryl/α,β-unsaturated/α-hetero) is 1. The van der Waals surface area contributed by atoms with Gasteiger partial charge in [0.15, 0.2) is 5.78 Å². The molecule has 132 valence electrons. The van der Waals surface area contributed by atoms with E-state index in [-0.39, 0.29) is 5.78 Å². The Bertz CT molecular complexity index is 929. The van der Waals surface area contributed by atoms with Crippen LogP contribution in [0, 0.1) is 0 Å². The van der Waals surface area contributed by atoms with Crippen LogP contribution in [0.15, 0.2) is 54.6 Å². The van der Waals surface area contributed by atoms with Gasteiger partial charge in [-0.25, -0.2) is 4.98 Å². The molecule has 0 bridgehead atoms. The molecule has 0 amide bonds. The summed E-state index contributed by atoms with van der Waals surface area (Å²) in [5.74, 6) is 1.36. The summed E-state index contributed by atoms with van der Waals surface area (Å²) >= 11 is 0. The molecule has 0 saturated heterocycles. The molecular formula is C22H22N2O2. The highest BCUT2D eigenvalue weighted by molar-refractivity contribution is 5.97. The topological polar surface area (TPSA) is 51.2 Å². The summed E-state index contributed by atoms with van der Waals surface area (Å²) in [5, 5.41) is 4.50. The Morgan fingerprint density at radius 1 is 1.04 bits per heavy atom. The van der Waals surface area contributed by atoms with E-state index in [4.69, 9.17) is 4.74 Å². The Labute approximate surface area is 153 Å². The van der Waals surface area contributed by atoms with Gasteiger partial charge in [-0.05, 0) is 68.3 Å². The van der Waals surface area contributed by atoms with E-state index < -0.39 is 0 Å². The summed E-state index contributed by atoms with van der Waals surface area (Å²) < 4.78 is 5.88. The second kappa shape index (κ2) is 7.16. The summed E-state index contributed by atoms with van der Waals surface area (Å²) in [6.07, 6.45) is 5.15. The summed E-state index contributed by atoms with van der Waals surface area (Å²) in [5.41, 5.74) is 2.64. The van der Waals surface area contributed by atoms with Crippen molar-refractivity contribution in [1.29, 1.82) is 0 Å². The number of fused-ring (bicyclic) bond motifs is 1. The smallest absolute Gasteiger partial charge is 0.219 e. The molecular weight excluding hydrogens is 324 g/mol. The van der Waals surface area contributed by atoms with E-state index in [1.807, 2.05) is 48.5 Å². The van der Waals surface area contributed by atoms with Gasteiger partial charge in [-0.2, -0.15) is 0 Å². The van der Waals surface area contributed by atoms with Crippen LogP contribution in [0.4, 0.5) is 5.69 Å². The van der Waals surface area contributed by atoms with Crippen molar-refractivity contribution in [3.8, 4) is 11.6 Å². The highest BCUT2D eigenvalue weighted by atomic mass is 16.5. The van der Waals surface area contributed by atoms with Crippen LogP contribution in [-0.2, 0) is 0 Å². The first-order valence-electron chi connectivity index (χ1n) is 9.13. The number of rotatable bonds is 5. The lowest BCUT2D eigenvalue weighted by Gasteiger charge is -2.14. The quantitative estimate of drug-likeness (QED) is 0.612. The second-order valence-electron chi connectivity index (χ2n) is 6.87. The van der Waals surface area contributed by atoms with Crippen molar-refractivity contribution < 1.29 is 9.53 Å². The third kappa shape index (κ3) is 3.69.